The highest BCUT2D eigenvalue weighted by molar-refractivity contribution is 6.06. The van der Waals surface area contributed by atoms with Gasteiger partial charge in [0.25, 0.3) is 5.91 Å². The van der Waals surface area contributed by atoms with E-state index in [1.165, 1.54) is 0 Å². The molecule has 1 unspecified atom stereocenters. The van der Waals surface area contributed by atoms with E-state index >= 15 is 0 Å². The van der Waals surface area contributed by atoms with E-state index in [4.69, 9.17) is 29.0 Å². The van der Waals surface area contributed by atoms with E-state index in [1.807, 2.05) is 61.5 Å². The smallest absolute Gasteiger partial charge is 0.255 e. The van der Waals surface area contributed by atoms with Crippen molar-refractivity contribution in [3.8, 4) is 34.4 Å². The number of methoxy groups -OCH3 is 4. The number of ether oxygens (including phenoxy) is 4. The summed E-state index contributed by atoms with van der Waals surface area (Å²) in [4.78, 5) is 18.5. The maximum atomic E-state index is 13.8. The highest BCUT2D eigenvalue weighted by Crippen LogP contribution is 2.41. The SMILES string of the molecule is COc1cc(OC)cc(-c2nc3n(n2)C(c2ccc(OC)cc2OC)C(C(=O)Nc2ccccc2)=C(C)N3)c1. The molecule has 0 saturated carbocycles. The second-order valence-corrected chi connectivity index (χ2v) is 8.80. The van der Waals surface area contributed by atoms with Crippen LogP contribution in [-0.2, 0) is 4.79 Å². The van der Waals surface area contributed by atoms with Crippen molar-refractivity contribution in [2.75, 3.05) is 39.1 Å². The van der Waals surface area contributed by atoms with Gasteiger partial charge in [0, 0.05) is 34.6 Å². The lowest BCUT2D eigenvalue weighted by molar-refractivity contribution is -0.113. The van der Waals surface area contributed by atoms with Crippen LogP contribution in [0.15, 0.2) is 78.0 Å². The molecule has 5 rings (SSSR count). The van der Waals surface area contributed by atoms with Crippen molar-refractivity contribution >= 4 is 17.5 Å². The molecule has 1 aliphatic heterocycles. The number of carbonyl (C=O) groups is 1. The lowest BCUT2D eigenvalue weighted by Crippen LogP contribution is -2.31. The first-order valence-corrected chi connectivity index (χ1v) is 12.2. The number of nitrogens with one attached hydrogen (secondary N) is 2. The van der Waals surface area contributed by atoms with Gasteiger partial charge in [-0.2, -0.15) is 4.98 Å². The van der Waals surface area contributed by atoms with Gasteiger partial charge in [0.2, 0.25) is 5.95 Å². The van der Waals surface area contributed by atoms with Gasteiger partial charge in [0.15, 0.2) is 5.82 Å². The number of benzene rings is 3. The van der Waals surface area contributed by atoms with Crippen LogP contribution in [0.1, 0.15) is 18.5 Å². The highest BCUT2D eigenvalue weighted by atomic mass is 16.5. The number of para-hydroxylation sites is 1. The van der Waals surface area contributed by atoms with Crippen LogP contribution in [0.3, 0.4) is 0 Å². The summed E-state index contributed by atoms with van der Waals surface area (Å²) in [6.45, 7) is 1.84. The minimum absolute atomic E-state index is 0.278. The Morgan fingerprint density at radius 1 is 0.872 bits per heavy atom. The van der Waals surface area contributed by atoms with Crippen molar-refractivity contribution in [1.82, 2.24) is 14.8 Å². The molecule has 0 radical (unpaired) electrons. The Hall–Kier alpha value is -4.99. The quantitative estimate of drug-likeness (QED) is 0.333. The molecule has 2 heterocycles. The first-order valence-electron chi connectivity index (χ1n) is 12.2. The molecule has 39 heavy (non-hydrogen) atoms. The van der Waals surface area contributed by atoms with Crippen LogP contribution in [0.2, 0.25) is 0 Å². The summed E-state index contributed by atoms with van der Waals surface area (Å²) in [6.07, 6.45) is 0. The first-order chi connectivity index (χ1) is 18.9. The molecule has 0 bridgehead atoms. The fourth-order valence-corrected chi connectivity index (χ4v) is 4.56. The van der Waals surface area contributed by atoms with Crippen molar-refractivity contribution in [3.63, 3.8) is 0 Å². The van der Waals surface area contributed by atoms with Crippen LogP contribution in [0.4, 0.5) is 11.6 Å². The zero-order chi connectivity index (χ0) is 27.5. The Bertz CT molecular complexity index is 1520. The molecule has 2 N–H and O–H groups in total. The molecule has 3 aromatic carbocycles. The van der Waals surface area contributed by atoms with Gasteiger partial charge in [-0.15, -0.1) is 5.10 Å². The molecule has 0 saturated heterocycles. The highest BCUT2D eigenvalue weighted by Gasteiger charge is 2.36. The average molecular weight is 528 g/mol. The minimum Gasteiger partial charge on any atom is -0.497 e. The molecule has 10 heteroatoms. The number of amides is 1. The van der Waals surface area contributed by atoms with E-state index in [0.717, 1.165) is 5.56 Å². The monoisotopic (exact) mass is 527 g/mol. The molecule has 1 aliphatic rings. The molecule has 1 amide bonds. The van der Waals surface area contributed by atoms with Crippen LogP contribution in [0.25, 0.3) is 11.4 Å². The number of rotatable bonds is 8. The van der Waals surface area contributed by atoms with E-state index < -0.39 is 6.04 Å². The van der Waals surface area contributed by atoms with Gasteiger partial charge < -0.3 is 29.6 Å². The third kappa shape index (κ3) is 4.96. The third-order valence-electron chi connectivity index (χ3n) is 6.47. The number of nitrogens with zero attached hydrogens (tertiary/aromatic N) is 3. The largest absolute Gasteiger partial charge is 0.497 e. The Kier molecular flexibility index (Phi) is 7.09. The number of anilines is 2. The van der Waals surface area contributed by atoms with Gasteiger partial charge >= 0.3 is 0 Å². The number of aromatic nitrogens is 3. The number of carbonyl (C=O) groups excluding carboxylic acids is 1. The topological polar surface area (TPSA) is 109 Å². The molecular weight excluding hydrogens is 498 g/mol. The van der Waals surface area contributed by atoms with Crippen molar-refractivity contribution in [2.45, 2.75) is 13.0 Å². The van der Waals surface area contributed by atoms with Crippen LogP contribution in [0.5, 0.6) is 23.0 Å². The molecular formula is C29H29N5O5. The fraction of sp³-hybridized carbons (Fsp3) is 0.207. The molecule has 10 nitrogen and oxygen atoms in total. The van der Waals surface area contributed by atoms with Gasteiger partial charge in [-0.05, 0) is 43.3 Å². The van der Waals surface area contributed by atoms with Gasteiger partial charge in [-0.25, -0.2) is 4.68 Å². The molecule has 0 fully saturated rings. The predicted molar refractivity (Wildman–Crippen MR) is 148 cm³/mol. The van der Waals surface area contributed by atoms with E-state index in [-0.39, 0.29) is 5.91 Å². The zero-order valence-corrected chi connectivity index (χ0v) is 22.3. The van der Waals surface area contributed by atoms with Crippen molar-refractivity contribution < 1.29 is 23.7 Å². The van der Waals surface area contributed by atoms with Gasteiger partial charge in [0.05, 0.1) is 34.0 Å². The minimum atomic E-state index is -0.653. The summed E-state index contributed by atoms with van der Waals surface area (Å²) in [5, 5.41) is 11.1. The molecule has 0 spiro atoms. The van der Waals surface area contributed by atoms with Crippen molar-refractivity contribution in [3.05, 3.63) is 83.6 Å². The maximum Gasteiger partial charge on any atom is 0.255 e. The molecule has 4 aromatic rings. The van der Waals surface area contributed by atoms with Gasteiger partial charge in [0.1, 0.15) is 29.0 Å². The van der Waals surface area contributed by atoms with E-state index in [0.29, 0.717) is 57.3 Å². The second kappa shape index (κ2) is 10.8. The van der Waals surface area contributed by atoms with Crippen LogP contribution in [-0.4, -0.2) is 49.1 Å². The van der Waals surface area contributed by atoms with Crippen molar-refractivity contribution in [2.24, 2.45) is 0 Å². The van der Waals surface area contributed by atoms with Crippen LogP contribution >= 0.6 is 0 Å². The number of hydrogen-bond donors (Lipinski definition) is 2. The summed E-state index contributed by atoms with van der Waals surface area (Å²) >= 11 is 0. The summed E-state index contributed by atoms with van der Waals surface area (Å²) in [6, 6.07) is 19.6. The van der Waals surface area contributed by atoms with E-state index in [2.05, 4.69) is 10.6 Å². The third-order valence-corrected chi connectivity index (χ3v) is 6.47. The molecule has 200 valence electrons. The van der Waals surface area contributed by atoms with E-state index in [9.17, 15) is 4.79 Å². The van der Waals surface area contributed by atoms with Gasteiger partial charge in [-0.1, -0.05) is 18.2 Å². The Balaban J connectivity index is 1.66. The summed E-state index contributed by atoms with van der Waals surface area (Å²) in [5.74, 6) is 3.02. The lowest BCUT2D eigenvalue weighted by atomic mass is 9.94. The predicted octanol–water partition coefficient (Wildman–Crippen LogP) is 4.91. The van der Waals surface area contributed by atoms with Crippen LogP contribution in [0, 0.1) is 0 Å². The summed E-state index contributed by atoms with van der Waals surface area (Å²) in [7, 11) is 6.34. The van der Waals surface area contributed by atoms with Crippen molar-refractivity contribution in [1.29, 1.82) is 0 Å². The molecule has 1 atom stereocenters. The summed E-state index contributed by atoms with van der Waals surface area (Å²) < 4.78 is 23.7. The second-order valence-electron chi connectivity index (χ2n) is 8.80. The van der Waals surface area contributed by atoms with Crippen LogP contribution < -0.4 is 29.6 Å². The van der Waals surface area contributed by atoms with E-state index in [1.54, 1.807) is 45.3 Å². The van der Waals surface area contributed by atoms with Gasteiger partial charge in [-0.3, -0.25) is 4.79 Å². The number of fused-ring (bicyclic) bond motifs is 1. The number of hydrogen-bond acceptors (Lipinski definition) is 8. The zero-order valence-electron chi connectivity index (χ0n) is 22.3. The Labute approximate surface area is 226 Å². The first kappa shape index (κ1) is 25.7. The Morgan fingerprint density at radius 2 is 1.56 bits per heavy atom. The maximum absolute atomic E-state index is 13.8. The number of allylic oxidation sites excluding steroid dienone is 1. The Morgan fingerprint density at radius 3 is 2.21 bits per heavy atom. The normalized spacial score (nSPS) is 14.2. The average Bonchev–Trinajstić information content (AvgIpc) is 3.40. The summed E-state index contributed by atoms with van der Waals surface area (Å²) in [5.41, 5.74) is 3.20. The fourth-order valence-electron chi connectivity index (χ4n) is 4.56. The molecule has 1 aromatic heterocycles. The molecule has 0 aliphatic carbocycles. The lowest BCUT2D eigenvalue weighted by Gasteiger charge is -2.29. The standard InChI is InChI=1S/C29H29N5O5/c1-17-25(28(35)31-19-9-7-6-8-10-19)26(23-12-11-20(36-2)16-24(23)39-5)34-29(30-17)32-27(33-34)18-13-21(37-3)15-22(14-18)38-4/h6-16,26H,1-5H3,(H,31,35)(H,30,32,33).